The van der Waals surface area contributed by atoms with Crippen LogP contribution in [0, 0.1) is 11.8 Å². The molecule has 104 valence electrons. The summed E-state index contributed by atoms with van der Waals surface area (Å²) < 4.78 is 26.6. The van der Waals surface area contributed by atoms with Gasteiger partial charge >= 0.3 is 0 Å². The summed E-state index contributed by atoms with van der Waals surface area (Å²) in [4.78, 5) is 17.0. The second kappa shape index (κ2) is 6.06. The largest absolute Gasteiger partial charge is 0.396 e. The summed E-state index contributed by atoms with van der Waals surface area (Å²) in [5.74, 6) is -3.00. The number of rotatable bonds is 3. The lowest BCUT2D eigenvalue weighted by Crippen LogP contribution is -2.44. The summed E-state index contributed by atoms with van der Waals surface area (Å²) >= 11 is 0. The van der Waals surface area contributed by atoms with E-state index in [0.717, 1.165) is 25.5 Å². The molecule has 0 aliphatic carbocycles. The first kappa shape index (κ1) is 13.9. The maximum absolute atomic E-state index is 13.6. The highest BCUT2D eigenvalue weighted by molar-refractivity contribution is 5.94. The van der Waals surface area contributed by atoms with Crippen LogP contribution < -0.4 is 0 Å². The van der Waals surface area contributed by atoms with Crippen LogP contribution in [0.3, 0.4) is 0 Å². The first-order valence-electron chi connectivity index (χ1n) is 6.37. The van der Waals surface area contributed by atoms with Crippen LogP contribution in [0.2, 0.25) is 0 Å². The average Bonchev–Trinajstić information content (AvgIpc) is 2.42. The third kappa shape index (κ3) is 2.89. The fourth-order valence-corrected chi connectivity index (χ4v) is 2.46. The highest BCUT2D eigenvalue weighted by Crippen LogP contribution is 2.23. The molecule has 0 saturated carbocycles. The molecule has 0 bridgehead atoms. The number of aliphatic hydroxyl groups is 1. The lowest BCUT2D eigenvalue weighted by Gasteiger charge is -2.35. The van der Waals surface area contributed by atoms with Crippen molar-refractivity contribution in [3.05, 3.63) is 29.6 Å². The SMILES string of the molecule is O=C(c1ccnc(F)c1F)N1CCCCC1CCO. The monoisotopic (exact) mass is 270 g/mol. The van der Waals surface area contributed by atoms with Crippen LogP contribution in [-0.2, 0) is 0 Å². The van der Waals surface area contributed by atoms with Gasteiger partial charge < -0.3 is 10.0 Å². The lowest BCUT2D eigenvalue weighted by atomic mass is 9.98. The van der Waals surface area contributed by atoms with Crippen molar-refractivity contribution in [2.75, 3.05) is 13.2 Å². The number of hydrogen-bond donors (Lipinski definition) is 1. The number of aliphatic hydroxyl groups excluding tert-OH is 1. The number of halogens is 2. The lowest BCUT2D eigenvalue weighted by molar-refractivity contribution is 0.0568. The molecule has 4 nitrogen and oxygen atoms in total. The number of aromatic nitrogens is 1. The van der Waals surface area contributed by atoms with Crippen molar-refractivity contribution in [2.24, 2.45) is 0 Å². The molecule has 1 unspecified atom stereocenters. The van der Waals surface area contributed by atoms with Crippen molar-refractivity contribution < 1.29 is 18.7 Å². The predicted molar refractivity (Wildman–Crippen MR) is 64.5 cm³/mol. The maximum Gasteiger partial charge on any atom is 0.257 e. The van der Waals surface area contributed by atoms with E-state index in [1.54, 1.807) is 0 Å². The molecule has 6 heteroatoms. The van der Waals surface area contributed by atoms with Crippen LogP contribution in [0.1, 0.15) is 36.0 Å². The summed E-state index contributed by atoms with van der Waals surface area (Å²) in [5, 5.41) is 9.01. The molecule has 1 aromatic heterocycles. The smallest absolute Gasteiger partial charge is 0.257 e. The van der Waals surface area contributed by atoms with Crippen LogP contribution in [-0.4, -0.2) is 40.1 Å². The Labute approximate surface area is 110 Å². The number of hydrogen-bond acceptors (Lipinski definition) is 3. The molecule has 0 aromatic carbocycles. The van der Waals surface area contributed by atoms with Gasteiger partial charge in [-0.2, -0.15) is 4.39 Å². The van der Waals surface area contributed by atoms with Gasteiger partial charge in [0.15, 0.2) is 5.82 Å². The first-order chi connectivity index (χ1) is 9.15. The number of piperidine rings is 1. The molecule has 1 aromatic rings. The molecule has 1 N–H and O–H groups in total. The van der Waals surface area contributed by atoms with Crippen LogP contribution in [0.15, 0.2) is 12.3 Å². The van der Waals surface area contributed by atoms with Crippen LogP contribution >= 0.6 is 0 Å². The highest BCUT2D eigenvalue weighted by atomic mass is 19.2. The van der Waals surface area contributed by atoms with E-state index >= 15 is 0 Å². The molecule has 1 saturated heterocycles. The van der Waals surface area contributed by atoms with Crippen LogP contribution in [0.4, 0.5) is 8.78 Å². The van der Waals surface area contributed by atoms with E-state index < -0.39 is 17.7 Å². The number of nitrogens with zero attached hydrogens (tertiary/aromatic N) is 2. The summed E-state index contributed by atoms with van der Waals surface area (Å²) in [6.45, 7) is 0.481. The zero-order valence-corrected chi connectivity index (χ0v) is 10.5. The summed E-state index contributed by atoms with van der Waals surface area (Å²) in [6.07, 6.45) is 4.13. The Bertz CT molecular complexity index is 466. The van der Waals surface area contributed by atoms with Gasteiger partial charge in [-0.1, -0.05) is 0 Å². The number of pyridine rings is 1. The molecular formula is C13H16F2N2O2. The minimum absolute atomic E-state index is 0.0262. The van der Waals surface area contributed by atoms with Gasteiger partial charge in [0.1, 0.15) is 0 Å². The predicted octanol–water partition coefficient (Wildman–Crippen LogP) is 1.74. The third-order valence-electron chi connectivity index (χ3n) is 3.43. The number of likely N-dealkylation sites (tertiary alicyclic amines) is 1. The Kier molecular flexibility index (Phi) is 4.42. The molecule has 0 spiro atoms. The topological polar surface area (TPSA) is 53.4 Å². The van der Waals surface area contributed by atoms with Crippen molar-refractivity contribution in [3.8, 4) is 0 Å². The molecule has 1 aliphatic heterocycles. The number of carbonyl (C=O) groups is 1. The average molecular weight is 270 g/mol. The Morgan fingerprint density at radius 1 is 1.47 bits per heavy atom. The molecule has 2 rings (SSSR count). The number of carbonyl (C=O) groups excluding carboxylic acids is 1. The zero-order valence-electron chi connectivity index (χ0n) is 10.5. The molecule has 1 fully saturated rings. The molecule has 2 heterocycles. The maximum atomic E-state index is 13.6. The van der Waals surface area contributed by atoms with E-state index in [1.807, 2.05) is 0 Å². The fraction of sp³-hybridized carbons (Fsp3) is 0.538. The summed E-state index contributed by atoms with van der Waals surface area (Å²) in [6, 6.07) is 1.08. The first-order valence-corrected chi connectivity index (χ1v) is 6.37. The Morgan fingerprint density at radius 2 is 2.26 bits per heavy atom. The Morgan fingerprint density at radius 3 is 3.00 bits per heavy atom. The molecule has 1 aliphatic rings. The van der Waals surface area contributed by atoms with Gasteiger partial charge in [0.2, 0.25) is 5.95 Å². The Balaban J connectivity index is 2.23. The molecule has 1 amide bonds. The molecule has 0 radical (unpaired) electrons. The minimum atomic E-state index is -1.26. The summed E-state index contributed by atoms with van der Waals surface area (Å²) in [7, 11) is 0. The molecule has 19 heavy (non-hydrogen) atoms. The van der Waals surface area contributed by atoms with Gasteiger partial charge in [-0.25, -0.2) is 9.37 Å². The van der Waals surface area contributed by atoms with Crippen molar-refractivity contribution in [1.82, 2.24) is 9.88 Å². The van der Waals surface area contributed by atoms with Gasteiger partial charge in [-0.05, 0) is 31.7 Å². The van der Waals surface area contributed by atoms with Crippen molar-refractivity contribution in [1.29, 1.82) is 0 Å². The van der Waals surface area contributed by atoms with Crippen molar-refractivity contribution in [3.63, 3.8) is 0 Å². The molecule has 1 atom stereocenters. The minimum Gasteiger partial charge on any atom is -0.396 e. The van der Waals surface area contributed by atoms with Gasteiger partial charge in [0, 0.05) is 25.4 Å². The van der Waals surface area contributed by atoms with Crippen molar-refractivity contribution >= 4 is 5.91 Å². The third-order valence-corrected chi connectivity index (χ3v) is 3.43. The molecular weight excluding hydrogens is 254 g/mol. The van der Waals surface area contributed by atoms with E-state index in [1.165, 1.54) is 11.0 Å². The van der Waals surface area contributed by atoms with E-state index in [-0.39, 0.29) is 18.2 Å². The summed E-state index contributed by atoms with van der Waals surface area (Å²) in [5.41, 5.74) is -0.294. The number of amides is 1. The van der Waals surface area contributed by atoms with Gasteiger partial charge in [-0.3, -0.25) is 4.79 Å². The normalized spacial score (nSPS) is 19.5. The van der Waals surface area contributed by atoms with E-state index in [0.29, 0.717) is 13.0 Å². The van der Waals surface area contributed by atoms with Gasteiger partial charge in [0.05, 0.1) is 5.56 Å². The second-order valence-electron chi connectivity index (χ2n) is 4.62. The van der Waals surface area contributed by atoms with Crippen molar-refractivity contribution in [2.45, 2.75) is 31.7 Å². The zero-order chi connectivity index (χ0) is 13.8. The highest BCUT2D eigenvalue weighted by Gasteiger charge is 2.29. The Hall–Kier alpha value is -1.56. The fourth-order valence-electron chi connectivity index (χ4n) is 2.46. The van der Waals surface area contributed by atoms with Gasteiger partial charge in [-0.15, -0.1) is 0 Å². The van der Waals surface area contributed by atoms with Crippen LogP contribution in [0.25, 0.3) is 0 Å². The quantitative estimate of drug-likeness (QED) is 0.851. The van der Waals surface area contributed by atoms with Gasteiger partial charge in [0.25, 0.3) is 5.91 Å². The standard InChI is InChI=1S/C13H16F2N2O2/c14-11-10(4-6-16-12(11)15)13(19)17-7-2-1-3-9(17)5-8-18/h4,6,9,18H,1-3,5,7-8H2. The van der Waals surface area contributed by atoms with E-state index in [9.17, 15) is 13.6 Å². The van der Waals surface area contributed by atoms with E-state index in [2.05, 4.69) is 4.98 Å². The van der Waals surface area contributed by atoms with Crippen LogP contribution in [0.5, 0.6) is 0 Å². The van der Waals surface area contributed by atoms with E-state index in [4.69, 9.17) is 5.11 Å². The second-order valence-corrected chi connectivity index (χ2v) is 4.62.